The van der Waals surface area contributed by atoms with Gasteiger partial charge in [0, 0.05) is 30.6 Å². The first-order valence-electron chi connectivity index (χ1n) is 4.62. The third-order valence-corrected chi connectivity index (χ3v) is 2.97. The third-order valence-electron chi connectivity index (χ3n) is 1.80. The smallest absolute Gasteiger partial charge is 0.216 e. The molecule has 0 aliphatic rings. The molecule has 0 saturated heterocycles. The van der Waals surface area contributed by atoms with Crippen LogP contribution >= 0.6 is 11.8 Å². The van der Waals surface area contributed by atoms with E-state index >= 15 is 0 Å². The number of hydrogen-bond donors (Lipinski definition) is 3. The van der Waals surface area contributed by atoms with Gasteiger partial charge >= 0.3 is 0 Å². The Morgan fingerprint density at radius 3 is 2.53 bits per heavy atom. The van der Waals surface area contributed by atoms with Gasteiger partial charge in [0.2, 0.25) is 5.91 Å². The molecule has 1 rings (SSSR count). The summed E-state index contributed by atoms with van der Waals surface area (Å²) in [7, 11) is 0. The van der Waals surface area contributed by atoms with E-state index in [-0.39, 0.29) is 5.91 Å². The normalized spacial score (nSPS) is 9.93. The molecule has 0 radical (unpaired) electrons. The van der Waals surface area contributed by atoms with Gasteiger partial charge < -0.3 is 16.8 Å². The fourth-order valence-electron chi connectivity index (χ4n) is 1.12. The van der Waals surface area contributed by atoms with Crippen LogP contribution in [0.1, 0.15) is 6.92 Å². The molecule has 1 amide bonds. The minimum atomic E-state index is -0.0235. The third kappa shape index (κ3) is 3.71. The van der Waals surface area contributed by atoms with Crippen LogP contribution in [0.4, 0.5) is 11.4 Å². The van der Waals surface area contributed by atoms with Gasteiger partial charge in [0.1, 0.15) is 0 Å². The second-order valence-electron chi connectivity index (χ2n) is 3.10. The van der Waals surface area contributed by atoms with E-state index in [1.54, 1.807) is 11.8 Å². The van der Waals surface area contributed by atoms with Crippen molar-refractivity contribution >= 4 is 29.0 Å². The van der Waals surface area contributed by atoms with Gasteiger partial charge in [0.15, 0.2) is 0 Å². The summed E-state index contributed by atoms with van der Waals surface area (Å²) in [4.78, 5) is 11.5. The van der Waals surface area contributed by atoms with Crippen LogP contribution in [0.2, 0.25) is 0 Å². The average molecular weight is 225 g/mol. The second-order valence-corrected chi connectivity index (χ2v) is 4.20. The van der Waals surface area contributed by atoms with E-state index in [9.17, 15) is 4.79 Å². The number of anilines is 2. The van der Waals surface area contributed by atoms with Crippen LogP contribution in [0.5, 0.6) is 0 Å². The zero-order chi connectivity index (χ0) is 11.3. The molecule has 0 atom stereocenters. The van der Waals surface area contributed by atoms with Gasteiger partial charge in [-0.3, -0.25) is 4.79 Å². The van der Waals surface area contributed by atoms with E-state index in [1.165, 1.54) is 6.92 Å². The van der Waals surface area contributed by atoms with Crippen molar-refractivity contribution < 1.29 is 4.79 Å². The number of nitrogens with two attached hydrogens (primary N) is 2. The monoisotopic (exact) mass is 225 g/mol. The molecule has 0 heterocycles. The Labute approximate surface area is 93.4 Å². The molecular weight excluding hydrogens is 210 g/mol. The molecule has 82 valence electrons. The molecule has 1 aromatic carbocycles. The van der Waals surface area contributed by atoms with Crippen molar-refractivity contribution in [2.24, 2.45) is 0 Å². The van der Waals surface area contributed by atoms with Crippen LogP contribution in [0.25, 0.3) is 0 Å². The minimum Gasteiger partial charge on any atom is -0.398 e. The van der Waals surface area contributed by atoms with Crippen LogP contribution in [0.3, 0.4) is 0 Å². The highest BCUT2D eigenvalue weighted by Crippen LogP contribution is 2.30. The number of thioether (sulfide) groups is 1. The van der Waals surface area contributed by atoms with Crippen molar-refractivity contribution in [1.82, 2.24) is 5.32 Å². The lowest BCUT2D eigenvalue weighted by Crippen LogP contribution is -2.22. The van der Waals surface area contributed by atoms with Gasteiger partial charge in [0.25, 0.3) is 0 Å². The Balaban J connectivity index is 2.47. The van der Waals surface area contributed by atoms with Crippen molar-refractivity contribution in [1.29, 1.82) is 0 Å². The van der Waals surface area contributed by atoms with Crippen molar-refractivity contribution in [2.75, 3.05) is 23.8 Å². The summed E-state index contributed by atoms with van der Waals surface area (Å²) in [5.74, 6) is 0.738. The van der Waals surface area contributed by atoms with Crippen molar-refractivity contribution in [3.8, 4) is 0 Å². The number of amides is 1. The van der Waals surface area contributed by atoms with E-state index in [1.807, 2.05) is 18.2 Å². The summed E-state index contributed by atoms with van der Waals surface area (Å²) in [5.41, 5.74) is 12.9. The zero-order valence-electron chi connectivity index (χ0n) is 8.62. The molecule has 1 aromatic rings. The largest absolute Gasteiger partial charge is 0.398 e. The molecule has 15 heavy (non-hydrogen) atoms. The van der Waals surface area contributed by atoms with E-state index in [4.69, 9.17) is 11.5 Å². The van der Waals surface area contributed by atoms with Crippen molar-refractivity contribution in [2.45, 2.75) is 11.8 Å². The Kier molecular flexibility index (Phi) is 4.30. The maximum atomic E-state index is 10.6. The minimum absolute atomic E-state index is 0.0235. The molecule has 0 fully saturated rings. The molecule has 0 aliphatic carbocycles. The highest BCUT2D eigenvalue weighted by atomic mass is 32.2. The maximum Gasteiger partial charge on any atom is 0.216 e. The molecule has 0 bridgehead atoms. The van der Waals surface area contributed by atoms with E-state index in [2.05, 4.69) is 5.32 Å². The Morgan fingerprint density at radius 2 is 2.00 bits per heavy atom. The topological polar surface area (TPSA) is 81.1 Å². The molecule has 4 nitrogen and oxygen atoms in total. The summed E-state index contributed by atoms with van der Waals surface area (Å²) in [5, 5.41) is 2.71. The number of benzene rings is 1. The molecule has 0 aliphatic heterocycles. The van der Waals surface area contributed by atoms with Crippen LogP contribution < -0.4 is 16.8 Å². The predicted molar refractivity (Wildman–Crippen MR) is 64.7 cm³/mol. The number of rotatable bonds is 4. The van der Waals surface area contributed by atoms with Crippen LogP contribution in [-0.2, 0) is 4.79 Å². The Bertz CT molecular complexity index is 334. The lowest BCUT2D eigenvalue weighted by molar-refractivity contribution is -0.118. The van der Waals surface area contributed by atoms with Crippen molar-refractivity contribution in [3.63, 3.8) is 0 Å². The number of carbonyl (C=O) groups excluding carboxylic acids is 1. The van der Waals surface area contributed by atoms with Crippen molar-refractivity contribution in [3.05, 3.63) is 18.2 Å². The molecule has 0 saturated carbocycles. The van der Waals surface area contributed by atoms with Gasteiger partial charge in [-0.15, -0.1) is 11.8 Å². The summed E-state index contributed by atoms with van der Waals surface area (Å²) in [6.45, 7) is 2.11. The molecule has 5 N–H and O–H groups in total. The summed E-state index contributed by atoms with van der Waals surface area (Å²) in [6.07, 6.45) is 0. The number of hydrogen-bond acceptors (Lipinski definition) is 4. The fraction of sp³-hybridized carbons (Fsp3) is 0.300. The van der Waals surface area contributed by atoms with Gasteiger partial charge in [0.05, 0.1) is 4.90 Å². The van der Waals surface area contributed by atoms with Gasteiger partial charge in [-0.2, -0.15) is 0 Å². The second kappa shape index (κ2) is 5.50. The standard InChI is InChI=1S/C10H15N3OS/c1-7(14)13-5-6-15-10-8(11)3-2-4-9(10)12/h2-4H,5-6,11-12H2,1H3,(H,13,14). The first-order chi connectivity index (χ1) is 7.11. The van der Waals surface area contributed by atoms with Crippen LogP contribution in [0, 0.1) is 0 Å². The lowest BCUT2D eigenvalue weighted by Gasteiger charge is -2.08. The summed E-state index contributed by atoms with van der Waals surface area (Å²) >= 11 is 1.55. The molecule has 0 aromatic heterocycles. The quantitative estimate of drug-likeness (QED) is 0.407. The van der Waals surface area contributed by atoms with E-state index in [0.717, 1.165) is 10.6 Å². The molecule has 0 spiro atoms. The highest BCUT2D eigenvalue weighted by Gasteiger charge is 2.03. The zero-order valence-corrected chi connectivity index (χ0v) is 9.43. The first-order valence-corrected chi connectivity index (χ1v) is 5.61. The molecule has 0 unspecified atom stereocenters. The lowest BCUT2D eigenvalue weighted by atomic mass is 10.3. The first kappa shape index (κ1) is 11.7. The predicted octanol–water partition coefficient (Wildman–Crippen LogP) is 1.08. The number of carbonyl (C=O) groups is 1. The fourth-order valence-corrected chi connectivity index (χ4v) is 2.00. The van der Waals surface area contributed by atoms with E-state index in [0.29, 0.717) is 17.9 Å². The highest BCUT2D eigenvalue weighted by molar-refractivity contribution is 7.99. The van der Waals surface area contributed by atoms with E-state index < -0.39 is 0 Å². The summed E-state index contributed by atoms with van der Waals surface area (Å²) in [6, 6.07) is 5.46. The molecular formula is C10H15N3OS. The number of nitrogens with one attached hydrogen (secondary N) is 1. The average Bonchev–Trinajstić information content (AvgIpc) is 2.15. The van der Waals surface area contributed by atoms with Gasteiger partial charge in [-0.1, -0.05) is 6.07 Å². The van der Waals surface area contributed by atoms with Gasteiger partial charge in [-0.25, -0.2) is 0 Å². The van der Waals surface area contributed by atoms with Crippen LogP contribution in [0.15, 0.2) is 23.1 Å². The van der Waals surface area contributed by atoms with Gasteiger partial charge in [-0.05, 0) is 12.1 Å². The Hall–Kier alpha value is -1.36. The summed E-state index contributed by atoms with van der Waals surface area (Å²) < 4.78 is 0. The Morgan fingerprint density at radius 1 is 1.40 bits per heavy atom. The maximum absolute atomic E-state index is 10.6. The van der Waals surface area contributed by atoms with Crippen LogP contribution in [-0.4, -0.2) is 18.2 Å². The molecule has 5 heteroatoms. The SMILES string of the molecule is CC(=O)NCCSc1c(N)cccc1N. The number of nitrogen functional groups attached to an aromatic ring is 2.